The van der Waals surface area contributed by atoms with E-state index in [1.165, 1.54) is 0 Å². The van der Waals surface area contributed by atoms with Crippen LogP contribution in [-0.2, 0) is 9.53 Å². The third-order valence-corrected chi connectivity index (χ3v) is 4.18. The van der Waals surface area contributed by atoms with E-state index in [0.29, 0.717) is 6.54 Å². The maximum atomic E-state index is 11.6. The van der Waals surface area contributed by atoms with E-state index in [-0.39, 0.29) is 11.7 Å². The average molecular weight is 255 g/mol. The highest BCUT2D eigenvalue weighted by molar-refractivity contribution is 5.75. The molecular formula is C14H25NO3. The number of hydrogen-bond acceptors (Lipinski definition) is 3. The fraction of sp³-hybridized carbons (Fsp3) is 0.929. The highest BCUT2D eigenvalue weighted by atomic mass is 16.5. The van der Waals surface area contributed by atoms with Gasteiger partial charge in [-0.25, -0.2) is 0 Å². The van der Waals surface area contributed by atoms with Gasteiger partial charge in [-0.1, -0.05) is 12.8 Å². The molecule has 1 atom stereocenters. The molecule has 1 heterocycles. The molecule has 0 aromatic carbocycles. The van der Waals surface area contributed by atoms with Crippen LogP contribution >= 0.6 is 0 Å². The summed E-state index contributed by atoms with van der Waals surface area (Å²) in [7, 11) is 0. The molecule has 0 spiro atoms. The first-order valence-electron chi connectivity index (χ1n) is 6.97. The van der Waals surface area contributed by atoms with Crippen LogP contribution in [-0.4, -0.2) is 47.3 Å². The molecule has 1 saturated heterocycles. The zero-order valence-corrected chi connectivity index (χ0v) is 11.7. The van der Waals surface area contributed by atoms with E-state index >= 15 is 0 Å². The van der Waals surface area contributed by atoms with Gasteiger partial charge in [0.2, 0.25) is 0 Å². The number of carboxylic acid groups (broad SMARTS) is 1. The molecule has 0 amide bonds. The van der Waals surface area contributed by atoms with Crippen LogP contribution in [0.3, 0.4) is 0 Å². The van der Waals surface area contributed by atoms with Gasteiger partial charge in [0.25, 0.3) is 0 Å². The largest absolute Gasteiger partial charge is 0.481 e. The summed E-state index contributed by atoms with van der Waals surface area (Å²) in [5, 5.41) is 9.53. The molecule has 1 aliphatic heterocycles. The molecule has 1 unspecified atom stereocenters. The van der Waals surface area contributed by atoms with Gasteiger partial charge in [-0.2, -0.15) is 0 Å². The van der Waals surface area contributed by atoms with Crippen molar-refractivity contribution in [2.75, 3.05) is 19.6 Å². The fourth-order valence-corrected chi connectivity index (χ4v) is 3.63. The van der Waals surface area contributed by atoms with Crippen molar-refractivity contribution in [3.05, 3.63) is 0 Å². The van der Waals surface area contributed by atoms with Crippen LogP contribution in [0.1, 0.15) is 46.5 Å². The number of rotatable bonds is 3. The Morgan fingerprint density at radius 2 is 2.00 bits per heavy atom. The Hall–Kier alpha value is -0.610. The molecular weight excluding hydrogens is 230 g/mol. The number of morpholine rings is 1. The van der Waals surface area contributed by atoms with Crippen LogP contribution in [0, 0.1) is 5.41 Å². The summed E-state index contributed by atoms with van der Waals surface area (Å²) in [5.41, 5.74) is -0.677. The Bertz CT molecular complexity index is 321. The van der Waals surface area contributed by atoms with E-state index < -0.39 is 11.4 Å². The quantitative estimate of drug-likeness (QED) is 0.839. The predicted molar refractivity (Wildman–Crippen MR) is 69.6 cm³/mol. The molecule has 1 N–H and O–H groups in total. The molecule has 0 aromatic heterocycles. The first kappa shape index (κ1) is 13.8. The fourth-order valence-electron chi connectivity index (χ4n) is 3.63. The molecule has 18 heavy (non-hydrogen) atoms. The lowest BCUT2D eigenvalue weighted by atomic mass is 9.85. The first-order valence-corrected chi connectivity index (χ1v) is 6.97. The van der Waals surface area contributed by atoms with Crippen molar-refractivity contribution in [1.29, 1.82) is 0 Å². The van der Waals surface area contributed by atoms with Crippen molar-refractivity contribution in [3.8, 4) is 0 Å². The topological polar surface area (TPSA) is 49.8 Å². The smallest absolute Gasteiger partial charge is 0.310 e. The molecule has 2 rings (SSSR count). The summed E-state index contributed by atoms with van der Waals surface area (Å²) in [4.78, 5) is 13.9. The van der Waals surface area contributed by atoms with Gasteiger partial charge < -0.3 is 9.84 Å². The highest BCUT2D eigenvalue weighted by Crippen LogP contribution is 2.40. The van der Waals surface area contributed by atoms with Crippen LogP contribution < -0.4 is 0 Å². The van der Waals surface area contributed by atoms with E-state index in [0.717, 1.165) is 38.8 Å². The molecule has 0 bridgehead atoms. The van der Waals surface area contributed by atoms with Crippen molar-refractivity contribution in [1.82, 2.24) is 4.90 Å². The van der Waals surface area contributed by atoms with Crippen LogP contribution in [0.2, 0.25) is 0 Å². The second-order valence-corrected chi connectivity index (χ2v) is 6.65. The minimum Gasteiger partial charge on any atom is -0.481 e. The van der Waals surface area contributed by atoms with Crippen LogP contribution in [0.5, 0.6) is 0 Å². The average Bonchev–Trinajstić information content (AvgIpc) is 2.63. The minimum absolute atomic E-state index is 0.171. The van der Waals surface area contributed by atoms with E-state index in [9.17, 15) is 9.90 Å². The van der Waals surface area contributed by atoms with Gasteiger partial charge in [0.1, 0.15) is 0 Å². The number of ether oxygens (including phenoxy) is 1. The van der Waals surface area contributed by atoms with E-state index in [4.69, 9.17) is 4.74 Å². The number of nitrogens with zero attached hydrogens (tertiary/aromatic N) is 1. The summed E-state index contributed by atoms with van der Waals surface area (Å²) in [6, 6.07) is 0. The molecule has 2 aliphatic rings. The summed E-state index contributed by atoms with van der Waals surface area (Å²) in [6.45, 7) is 8.58. The summed E-state index contributed by atoms with van der Waals surface area (Å²) in [6.07, 6.45) is 3.94. The lowest BCUT2D eigenvalue weighted by Crippen LogP contribution is -2.55. The Balaban J connectivity index is 2.05. The SMILES string of the molecule is CC1CN(CC2(C(=O)O)CCCC2)CC(C)(C)O1. The zero-order valence-electron chi connectivity index (χ0n) is 11.7. The van der Waals surface area contributed by atoms with Gasteiger partial charge in [0, 0.05) is 19.6 Å². The summed E-state index contributed by atoms with van der Waals surface area (Å²) in [5.74, 6) is -0.614. The summed E-state index contributed by atoms with van der Waals surface area (Å²) < 4.78 is 5.87. The van der Waals surface area contributed by atoms with Crippen molar-refractivity contribution < 1.29 is 14.6 Å². The number of carboxylic acids is 1. The van der Waals surface area contributed by atoms with Crippen molar-refractivity contribution in [2.24, 2.45) is 5.41 Å². The highest BCUT2D eigenvalue weighted by Gasteiger charge is 2.44. The molecule has 0 radical (unpaired) electrons. The lowest BCUT2D eigenvalue weighted by molar-refractivity contribution is -0.158. The summed E-state index contributed by atoms with van der Waals surface area (Å²) >= 11 is 0. The molecule has 2 fully saturated rings. The van der Waals surface area contributed by atoms with Gasteiger partial charge in [0.05, 0.1) is 17.1 Å². The van der Waals surface area contributed by atoms with Gasteiger partial charge in [0.15, 0.2) is 0 Å². The van der Waals surface area contributed by atoms with Crippen LogP contribution in [0.15, 0.2) is 0 Å². The third-order valence-electron chi connectivity index (χ3n) is 4.18. The van der Waals surface area contributed by atoms with Gasteiger partial charge in [-0.05, 0) is 33.6 Å². The maximum Gasteiger partial charge on any atom is 0.310 e. The normalized spacial score (nSPS) is 31.4. The minimum atomic E-state index is -0.614. The number of aliphatic carboxylic acids is 1. The van der Waals surface area contributed by atoms with Gasteiger partial charge in [-0.3, -0.25) is 9.69 Å². The van der Waals surface area contributed by atoms with Gasteiger partial charge >= 0.3 is 5.97 Å². The van der Waals surface area contributed by atoms with Gasteiger partial charge in [-0.15, -0.1) is 0 Å². The lowest BCUT2D eigenvalue weighted by Gasteiger charge is -2.44. The third kappa shape index (κ3) is 2.86. The number of carbonyl (C=O) groups is 1. The predicted octanol–water partition coefficient (Wildman–Crippen LogP) is 2.13. The Labute approximate surface area is 109 Å². The molecule has 4 nitrogen and oxygen atoms in total. The second kappa shape index (κ2) is 4.82. The Kier molecular flexibility index (Phi) is 3.70. The van der Waals surface area contributed by atoms with E-state index in [1.54, 1.807) is 0 Å². The number of hydrogen-bond donors (Lipinski definition) is 1. The molecule has 1 saturated carbocycles. The standard InChI is InChI=1S/C14H25NO3/c1-11-8-15(9-13(2,3)18-11)10-14(12(16)17)6-4-5-7-14/h11H,4-10H2,1-3H3,(H,16,17). The Morgan fingerprint density at radius 1 is 1.39 bits per heavy atom. The monoisotopic (exact) mass is 255 g/mol. The molecule has 104 valence electrons. The van der Waals surface area contributed by atoms with Crippen molar-refractivity contribution in [3.63, 3.8) is 0 Å². The molecule has 4 heteroatoms. The Morgan fingerprint density at radius 3 is 2.50 bits per heavy atom. The first-order chi connectivity index (χ1) is 8.33. The van der Waals surface area contributed by atoms with E-state index in [2.05, 4.69) is 25.7 Å². The van der Waals surface area contributed by atoms with Crippen molar-refractivity contribution >= 4 is 5.97 Å². The van der Waals surface area contributed by atoms with E-state index in [1.807, 2.05) is 0 Å². The molecule has 1 aliphatic carbocycles. The zero-order chi connectivity index (χ0) is 13.4. The van der Waals surface area contributed by atoms with Crippen molar-refractivity contribution in [2.45, 2.75) is 58.2 Å². The van der Waals surface area contributed by atoms with Crippen LogP contribution in [0.25, 0.3) is 0 Å². The molecule has 0 aromatic rings. The van der Waals surface area contributed by atoms with Crippen LogP contribution in [0.4, 0.5) is 0 Å². The maximum absolute atomic E-state index is 11.6. The second-order valence-electron chi connectivity index (χ2n) is 6.65.